The van der Waals surface area contributed by atoms with Crippen LogP contribution in [-0.4, -0.2) is 49.8 Å². The highest BCUT2D eigenvalue weighted by Gasteiger charge is 2.33. The Balaban J connectivity index is 1.62. The molecule has 0 spiro atoms. The number of hydrogen-bond acceptors (Lipinski definition) is 5. The summed E-state index contributed by atoms with van der Waals surface area (Å²) in [7, 11) is -3.60. The average Bonchev–Trinajstić information content (AvgIpc) is 3.18. The molecule has 1 amide bonds. The van der Waals surface area contributed by atoms with Crippen LogP contribution >= 0.6 is 22.9 Å². The van der Waals surface area contributed by atoms with Gasteiger partial charge in [0.15, 0.2) is 0 Å². The van der Waals surface area contributed by atoms with Crippen molar-refractivity contribution in [1.82, 2.24) is 9.21 Å². The van der Waals surface area contributed by atoms with Gasteiger partial charge in [0.05, 0.1) is 22.4 Å². The minimum Gasteiger partial charge on any atom is -0.494 e. The van der Waals surface area contributed by atoms with Crippen molar-refractivity contribution >= 4 is 38.9 Å². The summed E-state index contributed by atoms with van der Waals surface area (Å²) in [5.74, 6) is 0.463. The zero-order valence-corrected chi connectivity index (χ0v) is 19.9. The number of carbonyl (C=O) groups is 1. The molecule has 3 rings (SSSR count). The summed E-state index contributed by atoms with van der Waals surface area (Å²) < 4.78 is 33.5. The van der Waals surface area contributed by atoms with Crippen molar-refractivity contribution in [3.63, 3.8) is 0 Å². The van der Waals surface area contributed by atoms with E-state index in [4.69, 9.17) is 16.3 Å². The van der Waals surface area contributed by atoms with E-state index in [-0.39, 0.29) is 16.7 Å². The van der Waals surface area contributed by atoms with Crippen molar-refractivity contribution in [2.24, 2.45) is 5.92 Å². The van der Waals surface area contributed by atoms with E-state index in [1.807, 2.05) is 19.1 Å². The average molecular weight is 483 g/mol. The van der Waals surface area contributed by atoms with Crippen LogP contribution in [0.15, 0.2) is 53.9 Å². The quantitative estimate of drug-likeness (QED) is 0.496. The molecule has 6 nitrogen and oxygen atoms in total. The van der Waals surface area contributed by atoms with Crippen LogP contribution in [0.3, 0.4) is 0 Å². The number of hydrogen-bond donors (Lipinski definition) is 0. The molecule has 168 valence electrons. The van der Waals surface area contributed by atoms with Crippen molar-refractivity contribution in [2.75, 3.05) is 26.2 Å². The van der Waals surface area contributed by atoms with Crippen molar-refractivity contribution in [3.05, 3.63) is 58.3 Å². The van der Waals surface area contributed by atoms with Crippen LogP contribution in [0.4, 0.5) is 0 Å². The lowest BCUT2D eigenvalue weighted by molar-refractivity contribution is -0.136. The fourth-order valence-corrected chi connectivity index (χ4v) is 6.21. The Morgan fingerprint density at radius 1 is 1.26 bits per heavy atom. The number of thiophene rings is 1. The molecule has 31 heavy (non-hydrogen) atoms. The molecule has 0 N–H and O–H groups in total. The van der Waals surface area contributed by atoms with Gasteiger partial charge < -0.3 is 9.64 Å². The molecule has 0 aliphatic carbocycles. The summed E-state index contributed by atoms with van der Waals surface area (Å²) in [5.41, 5.74) is 0. The Kier molecular flexibility index (Phi) is 8.16. The lowest BCUT2D eigenvalue weighted by Crippen LogP contribution is -2.44. The Morgan fingerprint density at radius 2 is 1.94 bits per heavy atom. The van der Waals surface area contributed by atoms with Gasteiger partial charge in [0, 0.05) is 30.4 Å². The number of piperidine rings is 1. The SMILES string of the molecule is C=CCN(Cc1ccc(Cl)s1)C(=O)C1CCN(S(=O)(=O)c2ccc(OCC)cc2)CC1. The Morgan fingerprint density at radius 3 is 2.48 bits per heavy atom. The number of halogens is 1. The molecule has 0 bridgehead atoms. The summed E-state index contributed by atoms with van der Waals surface area (Å²) in [6.45, 7) is 7.72. The number of benzene rings is 1. The highest BCUT2D eigenvalue weighted by Crippen LogP contribution is 2.28. The first-order chi connectivity index (χ1) is 14.8. The largest absolute Gasteiger partial charge is 0.494 e. The standard InChI is InChI=1S/C22H27ClN2O4S2/c1-3-13-24(16-19-7-10-21(23)30-19)22(26)17-11-14-25(15-12-17)31(27,28)20-8-5-18(6-9-20)29-4-2/h3,5-10,17H,1,4,11-16H2,2H3. The maximum absolute atomic E-state index is 13.1. The lowest BCUT2D eigenvalue weighted by Gasteiger charge is -2.33. The van der Waals surface area contributed by atoms with Gasteiger partial charge in [-0.2, -0.15) is 4.31 Å². The minimum absolute atomic E-state index is 0.0301. The maximum Gasteiger partial charge on any atom is 0.243 e. The normalized spacial score (nSPS) is 15.5. The van der Waals surface area contributed by atoms with Crippen LogP contribution in [0.5, 0.6) is 5.75 Å². The zero-order chi connectivity index (χ0) is 22.4. The van der Waals surface area contributed by atoms with E-state index >= 15 is 0 Å². The van der Waals surface area contributed by atoms with Crippen molar-refractivity contribution in [3.8, 4) is 5.75 Å². The number of carbonyl (C=O) groups excluding carboxylic acids is 1. The molecule has 9 heteroatoms. The second kappa shape index (κ2) is 10.6. The van der Waals surface area contributed by atoms with Crippen LogP contribution in [0.25, 0.3) is 0 Å². The van der Waals surface area contributed by atoms with Gasteiger partial charge in [0.2, 0.25) is 15.9 Å². The molecular weight excluding hydrogens is 456 g/mol. The topological polar surface area (TPSA) is 66.9 Å². The number of rotatable bonds is 9. The number of ether oxygens (including phenoxy) is 1. The van der Waals surface area contributed by atoms with Crippen LogP contribution in [-0.2, 0) is 21.4 Å². The molecule has 2 heterocycles. The molecule has 1 fully saturated rings. The van der Waals surface area contributed by atoms with E-state index in [1.54, 1.807) is 35.2 Å². The van der Waals surface area contributed by atoms with Crippen molar-refractivity contribution < 1.29 is 17.9 Å². The molecule has 1 aliphatic rings. The molecule has 0 atom stereocenters. The molecule has 2 aromatic rings. The van der Waals surface area contributed by atoms with Gasteiger partial charge in [0.25, 0.3) is 0 Å². The van der Waals surface area contributed by atoms with Crippen molar-refractivity contribution in [1.29, 1.82) is 0 Å². The molecule has 1 aromatic heterocycles. The summed E-state index contributed by atoms with van der Waals surface area (Å²) in [6.07, 6.45) is 2.69. The van der Waals surface area contributed by atoms with E-state index < -0.39 is 10.0 Å². The van der Waals surface area contributed by atoms with E-state index in [9.17, 15) is 13.2 Å². The first kappa shape index (κ1) is 23.8. The highest BCUT2D eigenvalue weighted by atomic mass is 35.5. The number of amides is 1. The van der Waals surface area contributed by atoms with E-state index in [0.29, 0.717) is 55.7 Å². The summed E-state index contributed by atoms with van der Waals surface area (Å²) >= 11 is 7.46. The fourth-order valence-electron chi connectivity index (χ4n) is 3.64. The van der Waals surface area contributed by atoms with Crippen LogP contribution < -0.4 is 4.74 Å². The van der Waals surface area contributed by atoms with Crippen LogP contribution in [0, 0.1) is 5.92 Å². The summed E-state index contributed by atoms with van der Waals surface area (Å²) in [5, 5.41) is 0. The Labute approximate surface area is 193 Å². The first-order valence-corrected chi connectivity index (χ1v) is 12.9. The zero-order valence-electron chi connectivity index (χ0n) is 17.5. The third-order valence-electron chi connectivity index (χ3n) is 5.21. The molecule has 0 saturated carbocycles. The monoisotopic (exact) mass is 482 g/mol. The fraction of sp³-hybridized carbons (Fsp3) is 0.409. The summed E-state index contributed by atoms with van der Waals surface area (Å²) in [4.78, 5) is 16.1. The lowest BCUT2D eigenvalue weighted by atomic mass is 9.96. The molecule has 1 saturated heterocycles. The van der Waals surface area contributed by atoms with Crippen LogP contribution in [0.1, 0.15) is 24.6 Å². The molecule has 1 aliphatic heterocycles. The minimum atomic E-state index is -3.60. The predicted octanol–water partition coefficient (Wildman–Crippen LogP) is 4.42. The third-order valence-corrected chi connectivity index (χ3v) is 8.34. The van der Waals surface area contributed by atoms with Crippen LogP contribution in [0.2, 0.25) is 4.34 Å². The second-order valence-electron chi connectivity index (χ2n) is 7.30. The molecule has 1 aromatic carbocycles. The number of sulfonamides is 1. The highest BCUT2D eigenvalue weighted by molar-refractivity contribution is 7.89. The summed E-state index contributed by atoms with van der Waals surface area (Å²) in [6, 6.07) is 10.2. The van der Waals surface area contributed by atoms with Gasteiger partial charge >= 0.3 is 0 Å². The van der Waals surface area contributed by atoms with Gasteiger partial charge in [-0.15, -0.1) is 17.9 Å². The molecular formula is C22H27ClN2O4S2. The van der Waals surface area contributed by atoms with Crippen molar-refractivity contribution in [2.45, 2.75) is 31.2 Å². The smallest absolute Gasteiger partial charge is 0.243 e. The van der Waals surface area contributed by atoms with Gasteiger partial charge in [-0.1, -0.05) is 17.7 Å². The van der Waals surface area contributed by atoms with Gasteiger partial charge in [-0.05, 0) is 56.2 Å². The molecule has 0 radical (unpaired) electrons. The van der Waals surface area contributed by atoms with E-state index in [2.05, 4.69) is 6.58 Å². The number of nitrogens with zero attached hydrogens (tertiary/aromatic N) is 2. The Hall–Kier alpha value is -1.87. The molecule has 0 unspecified atom stereocenters. The van der Waals surface area contributed by atoms with E-state index in [0.717, 1.165) is 4.88 Å². The van der Waals surface area contributed by atoms with Gasteiger partial charge in [-0.25, -0.2) is 8.42 Å². The maximum atomic E-state index is 13.1. The van der Waals surface area contributed by atoms with E-state index in [1.165, 1.54) is 15.6 Å². The Bertz CT molecular complexity index is 997. The van der Waals surface area contributed by atoms with Gasteiger partial charge in [-0.3, -0.25) is 4.79 Å². The second-order valence-corrected chi connectivity index (χ2v) is 11.0. The first-order valence-electron chi connectivity index (χ1n) is 10.2. The van der Waals surface area contributed by atoms with Gasteiger partial charge in [0.1, 0.15) is 5.75 Å². The predicted molar refractivity (Wildman–Crippen MR) is 124 cm³/mol. The third kappa shape index (κ3) is 5.88.